The van der Waals surface area contributed by atoms with Gasteiger partial charge in [0, 0.05) is 11.6 Å². The van der Waals surface area contributed by atoms with Gasteiger partial charge in [-0.15, -0.1) is 0 Å². The van der Waals surface area contributed by atoms with Crippen LogP contribution in [0.5, 0.6) is 0 Å². The maximum atomic E-state index is 5.55. The molecule has 1 heterocycles. The molecule has 50 heavy (non-hydrogen) atoms. The molecule has 2 N–H and O–H groups in total. The van der Waals surface area contributed by atoms with Crippen LogP contribution in [0.1, 0.15) is 36.1 Å². The Balaban J connectivity index is 1.40. The second kappa shape index (κ2) is 14.5. The lowest BCUT2D eigenvalue weighted by Gasteiger charge is -2.13. The van der Waals surface area contributed by atoms with Gasteiger partial charge in [-0.2, -0.15) is 4.58 Å². The Labute approximate surface area is 295 Å². The van der Waals surface area contributed by atoms with Gasteiger partial charge in [-0.05, 0) is 112 Å². The van der Waals surface area contributed by atoms with Crippen molar-refractivity contribution in [2.45, 2.75) is 20.3 Å². The molecule has 0 saturated carbocycles. The third-order valence-corrected chi connectivity index (χ3v) is 9.36. The van der Waals surface area contributed by atoms with Gasteiger partial charge in [-0.3, -0.25) is 0 Å². The molecule has 0 aromatic heterocycles. The highest BCUT2D eigenvalue weighted by Crippen LogP contribution is 2.49. The molecule has 0 amide bonds. The summed E-state index contributed by atoms with van der Waals surface area (Å²) in [5.74, 6) is 0. The normalized spacial score (nSPS) is 13.9. The quantitative estimate of drug-likeness (QED) is 0.123. The molecule has 7 rings (SSSR count). The Morgan fingerprint density at radius 1 is 0.720 bits per heavy atom. The van der Waals surface area contributed by atoms with Crippen LogP contribution in [0.25, 0.3) is 55.4 Å². The van der Waals surface area contributed by atoms with E-state index in [1.807, 2.05) is 18.2 Å². The fourth-order valence-corrected chi connectivity index (χ4v) is 7.13. The first kappa shape index (κ1) is 32.3. The first-order valence-corrected chi connectivity index (χ1v) is 17.2. The van der Waals surface area contributed by atoms with Crippen LogP contribution in [0.15, 0.2) is 171 Å². The van der Waals surface area contributed by atoms with Crippen molar-refractivity contribution in [3.63, 3.8) is 0 Å². The molecule has 1 aliphatic heterocycles. The summed E-state index contributed by atoms with van der Waals surface area (Å²) in [6.45, 7) is 8.08. The fourth-order valence-electron chi connectivity index (χ4n) is 7.13. The van der Waals surface area contributed by atoms with Gasteiger partial charge < -0.3 is 5.73 Å². The Hall–Kier alpha value is -6.25. The van der Waals surface area contributed by atoms with Crippen LogP contribution >= 0.6 is 0 Å². The van der Waals surface area contributed by atoms with E-state index in [9.17, 15) is 0 Å². The Morgan fingerprint density at radius 3 is 2.30 bits per heavy atom. The van der Waals surface area contributed by atoms with Crippen LogP contribution < -0.4 is 10.3 Å². The number of hydrogen-bond acceptors (Lipinski definition) is 1. The molecule has 242 valence electrons. The molecule has 0 spiro atoms. The average Bonchev–Trinajstić information content (AvgIpc) is 3.46. The van der Waals surface area contributed by atoms with Gasteiger partial charge >= 0.3 is 0 Å². The Morgan fingerprint density at radius 2 is 1.50 bits per heavy atom. The maximum absolute atomic E-state index is 5.55. The summed E-state index contributed by atoms with van der Waals surface area (Å²) in [6, 6.07) is 40.2. The molecule has 0 aliphatic carbocycles. The zero-order valence-corrected chi connectivity index (χ0v) is 28.7. The second-order valence-corrected chi connectivity index (χ2v) is 12.5. The summed E-state index contributed by atoms with van der Waals surface area (Å²) < 4.78 is 2.40. The highest BCUT2D eigenvalue weighted by Gasteiger charge is 2.34. The van der Waals surface area contributed by atoms with Crippen molar-refractivity contribution in [2.24, 2.45) is 5.73 Å². The van der Waals surface area contributed by atoms with E-state index < -0.39 is 0 Å². The first-order chi connectivity index (χ1) is 24.6. The number of nitrogens with two attached hydrogens (primary N) is 1. The van der Waals surface area contributed by atoms with E-state index in [0.29, 0.717) is 0 Å². The van der Waals surface area contributed by atoms with Gasteiger partial charge in [0.15, 0.2) is 6.21 Å². The van der Waals surface area contributed by atoms with E-state index in [-0.39, 0.29) is 0 Å². The van der Waals surface area contributed by atoms with E-state index in [2.05, 4.69) is 177 Å². The molecular formula is C48H41N2+. The van der Waals surface area contributed by atoms with E-state index in [0.717, 1.165) is 12.0 Å². The third-order valence-electron chi connectivity index (χ3n) is 9.36. The molecule has 2 nitrogen and oxygen atoms in total. The third kappa shape index (κ3) is 6.08. The van der Waals surface area contributed by atoms with Gasteiger partial charge in [-0.25, -0.2) is 0 Å². The largest absolute Gasteiger partial charge is 0.405 e. The van der Waals surface area contributed by atoms with Crippen molar-refractivity contribution in [1.82, 2.24) is 4.58 Å². The first-order valence-electron chi connectivity index (χ1n) is 17.2. The van der Waals surface area contributed by atoms with Crippen LogP contribution in [0.2, 0.25) is 0 Å². The molecule has 6 aromatic carbocycles. The van der Waals surface area contributed by atoms with Gasteiger partial charge in [0.05, 0.1) is 16.5 Å². The van der Waals surface area contributed by atoms with Crippen molar-refractivity contribution in [2.75, 3.05) is 0 Å². The van der Waals surface area contributed by atoms with Gasteiger partial charge in [0.1, 0.15) is 0 Å². The number of hydrogen-bond donors (Lipinski definition) is 1. The van der Waals surface area contributed by atoms with Crippen molar-refractivity contribution in [3.8, 4) is 22.3 Å². The van der Waals surface area contributed by atoms with Crippen LogP contribution in [-0.4, -0.2) is 6.21 Å². The molecular weight excluding hydrogens is 605 g/mol. The smallest absolute Gasteiger partial charge is 0.227 e. The summed E-state index contributed by atoms with van der Waals surface area (Å²) in [5, 5.41) is 4.89. The summed E-state index contributed by atoms with van der Waals surface area (Å²) >= 11 is 0. The molecule has 0 fully saturated rings. The summed E-state index contributed by atoms with van der Waals surface area (Å²) in [7, 11) is 0. The van der Waals surface area contributed by atoms with E-state index in [1.165, 1.54) is 77.4 Å². The topological polar surface area (TPSA) is 29.0 Å². The molecule has 2 heteroatoms. The predicted molar refractivity (Wildman–Crippen MR) is 219 cm³/mol. The molecule has 0 bridgehead atoms. The van der Waals surface area contributed by atoms with Crippen molar-refractivity contribution in [1.29, 1.82) is 0 Å². The van der Waals surface area contributed by atoms with Crippen LogP contribution in [0.4, 0.5) is 11.4 Å². The Kier molecular flexibility index (Phi) is 9.35. The van der Waals surface area contributed by atoms with Crippen LogP contribution in [0.3, 0.4) is 0 Å². The molecule has 0 saturated heterocycles. The monoisotopic (exact) mass is 645 g/mol. The van der Waals surface area contributed by atoms with Crippen LogP contribution in [0, 0.1) is 0 Å². The van der Waals surface area contributed by atoms with Crippen LogP contribution in [-0.2, 0) is 6.42 Å². The lowest BCUT2D eigenvalue weighted by molar-refractivity contribution is 1.13. The molecule has 0 unspecified atom stereocenters. The highest BCUT2D eigenvalue weighted by molar-refractivity contribution is 6.12. The summed E-state index contributed by atoms with van der Waals surface area (Å²) in [5.41, 5.74) is 18.8. The number of rotatable bonds is 9. The number of fused-ring (bicyclic) bond motifs is 6. The van der Waals surface area contributed by atoms with Gasteiger partial charge in [0.25, 0.3) is 0 Å². The lowest BCUT2D eigenvalue weighted by Crippen LogP contribution is -2.05. The number of benzene rings is 6. The standard InChI is InChI=1S/C48H41N2/c1-4-14-35-18-9-10-19-39(35)33-50-47-31-34(17-8-7-13-30-49)22-25-45(47)46-27-24-38-32-37(23-26-42(38)48(46)50)41-29-28-40(36(15-5-2)16-6-3)43-20-11-12-21-44(41)43/h4-16,18-33H,2,17,49H2,1,3H3/q+1/b8-7-,14-4-,16-6-,30-13-,36-15+,50-33?. The minimum atomic E-state index is 0.827. The number of allylic oxidation sites excluding steroid dienone is 9. The van der Waals surface area contributed by atoms with E-state index >= 15 is 0 Å². The zero-order valence-electron chi connectivity index (χ0n) is 28.7. The summed E-state index contributed by atoms with van der Waals surface area (Å²) in [4.78, 5) is 0. The van der Waals surface area contributed by atoms with E-state index in [4.69, 9.17) is 5.73 Å². The molecule has 0 atom stereocenters. The molecule has 6 aromatic rings. The predicted octanol–water partition coefficient (Wildman–Crippen LogP) is 12.3. The molecule has 0 radical (unpaired) electrons. The van der Waals surface area contributed by atoms with E-state index in [1.54, 1.807) is 6.20 Å². The highest BCUT2D eigenvalue weighted by atomic mass is 15.0. The Bertz CT molecular complexity index is 2450. The molecule has 1 aliphatic rings. The fraction of sp³-hybridized carbons (Fsp3) is 0.0625. The van der Waals surface area contributed by atoms with Crippen molar-refractivity contribution >= 4 is 50.8 Å². The van der Waals surface area contributed by atoms with Crippen molar-refractivity contribution in [3.05, 3.63) is 193 Å². The minimum absolute atomic E-state index is 0.827. The average molecular weight is 646 g/mol. The lowest BCUT2D eigenvalue weighted by atomic mass is 9.90. The van der Waals surface area contributed by atoms with Gasteiger partial charge in [-0.1, -0.05) is 128 Å². The second-order valence-electron chi connectivity index (χ2n) is 12.5. The number of nitrogens with zero attached hydrogens (tertiary/aromatic N) is 1. The summed E-state index contributed by atoms with van der Waals surface area (Å²) in [6.07, 6.45) is 23.1. The minimum Gasteiger partial charge on any atom is -0.405 e. The maximum Gasteiger partial charge on any atom is 0.227 e. The zero-order chi connectivity index (χ0) is 34.5. The van der Waals surface area contributed by atoms with Gasteiger partial charge in [0.2, 0.25) is 11.4 Å². The van der Waals surface area contributed by atoms with Crippen molar-refractivity contribution < 1.29 is 0 Å². The SMILES string of the molecule is C=C/C=C(\C=C/C)c1ccc(-c2ccc3c4c(ccc3c2)-c2ccc(C/C=C\C=C/N)cc2[N+]4=Cc2ccccc2/C=C\C)c2ccccc12.